The second kappa shape index (κ2) is 6.89. The molecule has 0 bridgehead atoms. The van der Waals surface area contributed by atoms with E-state index < -0.39 is 0 Å². The number of hydrogen-bond acceptors (Lipinski definition) is 2. The van der Waals surface area contributed by atoms with Gasteiger partial charge in [-0.15, -0.1) is 0 Å². The lowest BCUT2D eigenvalue weighted by Gasteiger charge is -2.14. The molecule has 0 aromatic heterocycles. The van der Waals surface area contributed by atoms with Crippen LogP contribution in [0.1, 0.15) is 11.1 Å². The van der Waals surface area contributed by atoms with Crippen molar-refractivity contribution in [3.63, 3.8) is 0 Å². The van der Waals surface area contributed by atoms with Gasteiger partial charge in [0.25, 0.3) is 0 Å². The van der Waals surface area contributed by atoms with Crippen LogP contribution in [-0.2, 0) is 0 Å². The van der Waals surface area contributed by atoms with Crippen LogP contribution < -0.4 is 16.5 Å². The van der Waals surface area contributed by atoms with E-state index in [4.69, 9.17) is 11.5 Å². The molecule has 5 N–H and O–H groups in total. The van der Waals surface area contributed by atoms with Crippen LogP contribution >= 0.6 is 15.9 Å². The van der Waals surface area contributed by atoms with Crippen LogP contribution in [0.2, 0.25) is 0 Å². The van der Waals surface area contributed by atoms with Crippen LogP contribution in [0.5, 0.6) is 0 Å². The number of nitrogen functional groups attached to an aromatic ring is 2. The molecule has 0 unspecified atom stereocenters. The topological polar surface area (TPSA) is 66.0 Å². The molecule has 1 aliphatic rings. The van der Waals surface area contributed by atoms with Crippen molar-refractivity contribution in [2.45, 2.75) is 0 Å². The monoisotopic (exact) mass is 380 g/mol. The second-order valence-corrected chi connectivity index (χ2v) is 6.41. The van der Waals surface area contributed by atoms with Gasteiger partial charge in [0.05, 0.1) is 0 Å². The minimum atomic E-state index is 0.723. The minimum absolute atomic E-state index is 0.723. The van der Waals surface area contributed by atoms with Crippen LogP contribution in [-0.4, -0.2) is 12.8 Å². The smallest absolute Gasteiger partial charge is 0.198 e. The first-order valence-electron chi connectivity index (χ1n) is 7.65. The standard InChI is InChI=1S/C20H18BrN3/c1-24-17-9-4-14(5-10-17)20(13-2-7-16(22)8-3-13)15-6-11-19(23)18(21)12-15/h2-12H,22-23H2,1H3/p+1. The van der Waals surface area contributed by atoms with Crippen LogP contribution in [0.3, 0.4) is 0 Å². The molecule has 0 atom stereocenters. The molecule has 1 aliphatic carbocycles. The maximum absolute atomic E-state index is 5.94. The maximum Gasteiger partial charge on any atom is 0.198 e. The summed E-state index contributed by atoms with van der Waals surface area (Å²) in [6.45, 7) is 0. The van der Waals surface area contributed by atoms with E-state index in [-0.39, 0.29) is 0 Å². The normalized spacial score (nSPS) is 13.2. The summed E-state index contributed by atoms with van der Waals surface area (Å²) < 4.78 is 0.889. The first-order valence-corrected chi connectivity index (χ1v) is 8.44. The molecule has 0 heterocycles. The van der Waals surface area contributed by atoms with Crippen LogP contribution in [0.4, 0.5) is 11.4 Å². The molecule has 2 aromatic rings. The van der Waals surface area contributed by atoms with E-state index >= 15 is 0 Å². The highest BCUT2D eigenvalue weighted by atomic mass is 79.9. The zero-order valence-corrected chi connectivity index (χ0v) is 15.0. The Hall–Kier alpha value is -2.59. The molecule has 120 valence electrons. The summed E-state index contributed by atoms with van der Waals surface area (Å²) in [4.78, 5) is 3.15. The number of nitrogens with one attached hydrogen (secondary N) is 1. The zero-order chi connectivity index (χ0) is 17.1. The Bertz CT molecular complexity index is 870. The fraction of sp³-hybridized carbons (Fsp3) is 0.0500. The molecule has 3 rings (SSSR count). The first-order chi connectivity index (χ1) is 11.6. The van der Waals surface area contributed by atoms with Crippen molar-refractivity contribution in [2.75, 3.05) is 18.5 Å². The van der Waals surface area contributed by atoms with Crippen molar-refractivity contribution in [2.24, 2.45) is 0 Å². The molecule has 3 nitrogen and oxygen atoms in total. The number of nitrogens with two attached hydrogens (primary N) is 2. The number of halogens is 1. The van der Waals surface area contributed by atoms with Gasteiger partial charge in [0, 0.05) is 28.0 Å². The van der Waals surface area contributed by atoms with Crippen molar-refractivity contribution in [3.05, 3.63) is 87.9 Å². The highest BCUT2D eigenvalue weighted by Gasteiger charge is 2.13. The average molecular weight is 381 g/mol. The van der Waals surface area contributed by atoms with Crippen molar-refractivity contribution >= 4 is 38.6 Å². The third-order valence-electron chi connectivity index (χ3n) is 3.95. The quantitative estimate of drug-likeness (QED) is 0.701. The number of anilines is 2. The Balaban J connectivity index is 2.20. The molecule has 0 saturated heterocycles. The van der Waals surface area contributed by atoms with Crippen molar-refractivity contribution in [1.29, 1.82) is 0 Å². The summed E-state index contributed by atoms with van der Waals surface area (Å²) in [5, 5.41) is 0. The van der Waals surface area contributed by atoms with Crippen molar-refractivity contribution in [3.8, 4) is 0 Å². The predicted molar refractivity (Wildman–Crippen MR) is 106 cm³/mol. The Labute approximate surface area is 150 Å². The Kier molecular flexibility index (Phi) is 4.67. The number of benzene rings is 2. The predicted octanol–water partition coefficient (Wildman–Crippen LogP) is 2.69. The number of hydrogen-bond donors (Lipinski definition) is 3. The van der Waals surface area contributed by atoms with E-state index in [9.17, 15) is 0 Å². The molecular weight excluding hydrogens is 362 g/mol. The third-order valence-corrected chi connectivity index (χ3v) is 4.64. The van der Waals surface area contributed by atoms with Crippen molar-refractivity contribution in [1.82, 2.24) is 0 Å². The van der Waals surface area contributed by atoms with Gasteiger partial charge >= 0.3 is 0 Å². The Morgan fingerprint density at radius 2 is 1.50 bits per heavy atom. The van der Waals surface area contributed by atoms with Gasteiger partial charge in [-0.25, -0.2) is 4.99 Å². The minimum Gasteiger partial charge on any atom is -0.399 e. The molecule has 4 heteroatoms. The van der Waals surface area contributed by atoms with E-state index in [0.29, 0.717) is 0 Å². The summed E-state index contributed by atoms with van der Waals surface area (Å²) in [5.41, 5.74) is 18.8. The molecule has 0 fully saturated rings. The van der Waals surface area contributed by atoms with Crippen LogP contribution in [0.25, 0.3) is 5.57 Å². The van der Waals surface area contributed by atoms with Gasteiger partial charge < -0.3 is 11.5 Å². The van der Waals surface area contributed by atoms with E-state index in [1.807, 2.05) is 49.5 Å². The molecule has 0 aliphatic heterocycles. The molecule has 24 heavy (non-hydrogen) atoms. The summed E-state index contributed by atoms with van der Waals surface area (Å²) in [5.74, 6) is 0. The zero-order valence-electron chi connectivity index (χ0n) is 13.4. The Morgan fingerprint density at radius 1 is 0.875 bits per heavy atom. The fourth-order valence-corrected chi connectivity index (χ4v) is 3.01. The van der Waals surface area contributed by atoms with Gasteiger partial charge in [0.1, 0.15) is 7.05 Å². The Morgan fingerprint density at radius 3 is 2.08 bits per heavy atom. The molecular formula is C20H19BrN3+. The summed E-state index contributed by atoms with van der Waals surface area (Å²) in [7, 11) is 1.91. The lowest BCUT2D eigenvalue weighted by Crippen LogP contribution is -2.67. The van der Waals surface area contributed by atoms with Gasteiger partial charge in [-0.2, -0.15) is 0 Å². The summed E-state index contributed by atoms with van der Waals surface area (Å²) in [6, 6.07) is 13.9. The van der Waals surface area contributed by atoms with Gasteiger partial charge in [-0.05, 0) is 74.6 Å². The average Bonchev–Trinajstić information content (AvgIpc) is 2.60. The lowest BCUT2D eigenvalue weighted by atomic mass is 9.90. The van der Waals surface area contributed by atoms with Crippen LogP contribution in [0, 0.1) is 0 Å². The molecule has 0 amide bonds. The highest BCUT2D eigenvalue weighted by Crippen LogP contribution is 2.33. The van der Waals surface area contributed by atoms with E-state index in [1.165, 1.54) is 0 Å². The maximum atomic E-state index is 5.94. The number of allylic oxidation sites excluding steroid dienone is 5. The molecule has 2 aromatic carbocycles. The first kappa shape index (κ1) is 16.3. The third kappa shape index (κ3) is 3.34. The van der Waals surface area contributed by atoms with Crippen LogP contribution in [0.15, 0.2) is 76.8 Å². The second-order valence-electron chi connectivity index (χ2n) is 5.56. The largest absolute Gasteiger partial charge is 0.399 e. The van der Waals surface area contributed by atoms with E-state index in [2.05, 4.69) is 45.2 Å². The molecule has 0 saturated carbocycles. The SMILES string of the molecule is C[NH+]=C1C=CC(=C(c2ccc(N)cc2)c2ccc(N)c(Br)c2)C=C1. The van der Waals surface area contributed by atoms with E-state index in [0.717, 1.165) is 43.8 Å². The van der Waals surface area contributed by atoms with E-state index in [1.54, 1.807) is 0 Å². The molecule has 0 spiro atoms. The highest BCUT2D eigenvalue weighted by molar-refractivity contribution is 9.10. The van der Waals surface area contributed by atoms with Crippen molar-refractivity contribution < 1.29 is 4.99 Å². The van der Waals surface area contributed by atoms with Gasteiger partial charge in [-0.3, -0.25) is 0 Å². The number of rotatable bonds is 2. The van der Waals surface area contributed by atoms with Gasteiger partial charge in [0.15, 0.2) is 5.71 Å². The lowest BCUT2D eigenvalue weighted by molar-refractivity contribution is -0.417. The molecule has 0 radical (unpaired) electrons. The summed E-state index contributed by atoms with van der Waals surface area (Å²) >= 11 is 3.53. The van der Waals surface area contributed by atoms with Gasteiger partial charge in [-0.1, -0.05) is 18.2 Å². The fourth-order valence-electron chi connectivity index (χ4n) is 2.64. The summed E-state index contributed by atoms with van der Waals surface area (Å²) in [6.07, 6.45) is 8.36. The van der Waals surface area contributed by atoms with Gasteiger partial charge in [0.2, 0.25) is 0 Å².